The molecule has 0 spiro atoms. The lowest BCUT2D eigenvalue weighted by Crippen LogP contribution is -2.18. The van der Waals surface area contributed by atoms with Crippen LogP contribution in [0.4, 0.5) is 4.39 Å². The normalized spacial score (nSPS) is 18.6. The van der Waals surface area contributed by atoms with Crippen molar-refractivity contribution < 1.29 is 19.0 Å². The van der Waals surface area contributed by atoms with Crippen molar-refractivity contribution in [1.29, 1.82) is 0 Å². The molecule has 1 aliphatic rings. The molecule has 1 saturated heterocycles. The van der Waals surface area contributed by atoms with Crippen LogP contribution in [0.5, 0.6) is 5.75 Å². The van der Waals surface area contributed by atoms with E-state index in [0.29, 0.717) is 17.9 Å². The molecule has 0 aromatic heterocycles. The Kier molecular flexibility index (Phi) is 4.55. The average Bonchev–Trinajstić information content (AvgIpc) is 2.40. The summed E-state index contributed by atoms with van der Waals surface area (Å²) in [4.78, 5) is 0. The molecular weight excluding hydrogens is 235 g/mol. The predicted octanol–water partition coefficient (Wildman–Crippen LogP) is 2.68. The molecule has 1 aromatic carbocycles. The monoisotopic (exact) mass is 254 g/mol. The Morgan fingerprint density at radius 1 is 1.44 bits per heavy atom. The van der Waals surface area contributed by atoms with Crippen LogP contribution in [0.1, 0.15) is 30.9 Å². The molecule has 1 fully saturated rings. The van der Waals surface area contributed by atoms with Crippen LogP contribution >= 0.6 is 0 Å². The van der Waals surface area contributed by atoms with E-state index in [1.54, 1.807) is 12.1 Å². The first-order valence-electron chi connectivity index (χ1n) is 6.30. The molecule has 1 unspecified atom stereocenters. The first-order valence-corrected chi connectivity index (χ1v) is 6.30. The van der Waals surface area contributed by atoms with Gasteiger partial charge in [-0.05, 0) is 42.9 Å². The van der Waals surface area contributed by atoms with E-state index in [4.69, 9.17) is 9.47 Å². The molecule has 1 aliphatic heterocycles. The summed E-state index contributed by atoms with van der Waals surface area (Å²) in [5.74, 6) is 0.253. The van der Waals surface area contributed by atoms with Gasteiger partial charge in [-0.2, -0.15) is 0 Å². The maximum atomic E-state index is 13.3. The first kappa shape index (κ1) is 13.3. The number of halogens is 1. The number of methoxy groups -OCH3 is 1. The topological polar surface area (TPSA) is 38.7 Å². The third kappa shape index (κ3) is 3.21. The second kappa shape index (κ2) is 6.16. The fourth-order valence-electron chi connectivity index (χ4n) is 2.32. The van der Waals surface area contributed by atoms with Crippen LogP contribution in [0, 0.1) is 11.7 Å². The van der Waals surface area contributed by atoms with Crippen molar-refractivity contribution in [2.24, 2.45) is 5.92 Å². The molecule has 1 N–H and O–H groups in total. The quantitative estimate of drug-likeness (QED) is 0.897. The summed E-state index contributed by atoms with van der Waals surface area (Å²) in [5, 5.41) is 10.2. The molecule has 4 heteroatoms. The molecule has 3 nitrogen and oxygen atoms in total. The van der Waals surface area contributed by atoms with Gasteiger partial charge in [0.25, 0.3) is 0 Å². The van der Waals surface area contributed by atoms with Gasteiger partial charge in [0.2, 0.25) is 0 Å². The number of hydrogen-bond donors (Lipinski definition) is 1. The van der Waals surface area contributed by atoms with Gasteiger partial charge in [0.15, 0.2) is 11.6 Å². The van der Waals surface area contributed by atoms with Gasteiger partial charge in [0.1, 0.15) is 0 Å². The zero-order valence-electron chi connectivity index (χ0n) is 10.6. The Bertz CT molecular complexity index is 389. The lowest BCUT2D eigenvalue weighted by Gasteiger charge is -2.24. The van der Waals surface area contributed by atoms with Gasteiger partial charge in [0.05, 0.1) is 13.2 Å². The van der Waals surface area contributed by atoms with Gasteiger partial charge in [-0.1, -0.05) is 6.07 Å². The number of aliphatic hydroxyl groups is 1. The zero-order chi connectivity index (χ0) is 13.0. The summed E-state index contributed by atoms with van der Waals surface area (Å²) in [7, 11) is 1.42. The van der Waals surface area contributed by atoms with E-state index in [1.165, 1.54) is 13.2 Å². The van der Waals surface area contributed by atoms with Gasteiger partial charge in [-0.15, -0.1) is 0 Å². The summed E-state index contributed by atoms with van der Waals surface area (Å²) in [6, 6.07) is 4.52. The van der Waals surface area contributed by atoms with Crippen LogP contribution < -0.4 is 4.74 Å². The number of aliphatic hydroxyl groups excluding tert-OH is 1. The minimum absolute atomic E-state index is 0.179. The Morgan fingerprint density at radius 2 is 2.17 bits per heavy atom. The van der Waals surface area contributed by atoms with E-state index in [9.17, 15) is 9.50 Å². The third-order valence-electron chi connectivity index (χ3n) is 3.46. The predicted molar refractivity (Wildman–Crippen MR) is 66.1 cm³/mol. The van der Waals surface area contributed by atoms with Crippen molar-refractivity contribution >= 4 is 0 Å². The minimum atomic E-state index is -0.567. The molecule has 1 heterocycles. The van der Waals surface area contributed by atoms with Crippen LogP contribution in [-0.2, 0) is 4.74 Å². The van der Waals surface area contributed by atoms with Crippen molar-refractivity contribution in [1.82, 2.24) is 0 Å². The molecule has 0 aliphatic carbocycles. The Balaban J connectivity index is 2.01. The maximum absolute atomic E-state index is 13.3. The molecule has 18 heavy (non-hydrogen) atoms. The largest absolute Gasteiger partial charge is 0.494 e. The molecule has 0 bridgehead atoms. The van der Waals surface area contributed by atoms with E-state index in [0.717, 1.165) is 26.1 Å². The Hall–Kier alpha value is -1.13. The summed E-state index contributed by atoms with van der Waals surface area (Å²) in [5.41, 5.74) is 0.708. The fourth-order valence-corrected chi connectivity index (χ4v) is 2.32. The Labute approximate surface area is 107 Å². The molecule has 0 saturated carbocycles. The molecule has 2 rings (SSSR count). The van der Waals surface area contributed by atoms with Crippen LogP contribution in [0.3, 0.4) is 0 Å². The SMILES string of the molecule is COc1cc(C(O)CC2CCOCC2)ccc1F. The molecular formula is C14H19FO3. The van der Waals surface area contributed by atoms with E-state index in [1.807, 2.05) is 0 Å². The minimum Gasteiger partial charge on any atom is -0.494 e. The van der Waals surface area contributed by atoms with E-state index in [2.05, 4.69) is 0 Å². The highest BCUT2D eigenvalue weighted by Gasteiger charge is 2.19. The maximum Gasteiger partial charge on any atom is 0.165 e. The molecule has 100 valence electrons. The third-order valence-corrected chi connectivity index (χ3v) is 3.46. The number of ether oxygens (including phenoxy) is 2. The van der Waals surface area contributed by atoms with Crippen LogP contribution in [-0.4, -0.2) is 25.4 Å². The van der Waals surface area contributed by atoms with E-state index >= 15 is 0 Å². The lowest BCUT2D eigenvalue weighted by molar-refractivity contribution is 0.0434. The Morgan fingerprint density at radius 3 is 2.83 bits per heavy atom. The second-order valence-corrected chi connectivity index (χ2v) is 4.70. The summed E-state index contributed by atoms with van der Waals surface area (Å²) in [6.07, 6.45) is 2.09. The number of hydrogen-bond acceptors (Lipinski definition) is 3. The highest BCUT2D eigenvalue weighted by atomic mass is 19.1. The van der Waals surface area contributed by atoms with Crippen LogP contribution in [0.15, 0.2) is 18.2 Å². The van der Waals surface area contributed by atoms with Gasteiger partial charge >= 0.3 is 0 Å². The standard InChI is InChI=1S/C14H19FO3/c1-17-14-9-11(2-3-12(14)15)13(16)8-10-4-6-18-7-5-10/h2-3,9-10,13,16H,4-8H2,1H3. The van der Waals surface area contributed by atoms with Gasteiger partial charge in [0, 0.05) is 13.2 Å². The van der Waals surface area contributed by atoms with Crippen molar-refractivity contribution in [3.8, 4) is 5.75 Å². The summed E-state index contributed by atoms with van der Waals surface area (Å²) in [6.45, 7) is 1.54. The zero-order valence-corrected chi connectivity index (χ0v) is 10.6. The molecule has 1 atom stereocenters. The van der Waals surface area contributed by atoms with Crippen LogP contribution in [0.25, 0.3) is 0 Å². The van der Waals surface area contributed by atoms with Gasteiger partial charge in [-0.25, -0.2) is 4.39 Å². The van der Waals surface area contributed by atoms with Gasteiger partial charge < -0.3 is 14.6 Å². The van der Waals surface area contributed by atoms with Crippen molar-refractivity contribution in [3.05, 3.63) is 29.6 Å². The number of rotatable bonds is 4. The molecule has 1 aromatic rings. The fraction of sp³-hybridized carbons (Fsp3) is 0.571. The van der Waals surface area contributed by atoms with Crippen molar-refractivity contribution in [3.63, 3.8) is 0 Å². The summed E-state index contributed by atoms with van der Waals surface area (Å²) >= 11 is 0. The second-order valence-electron chi connectivity index (χ2n) is 4.70. The summed E-state index contributed by atoms with van der Waals surface area (Å²) < 4.78 is 23.5. The first-order chi connectivity index (χ1) is 8.70. The van der Waals surface area contributed by atoms with Crippen molar-refractivity contribution in [2.45, 2.75) is 25.4 Å². The lowest BCUT2D eigenvalue weighted by atomic mass is 9.91. The van der Waals surface area contributed by atoms with Crippen LogP contribution in [0.2, 0.25) is 0 Å². The van der Waals surface area contributed by atoms with E-state index in [-0.39, 0.29) is 5.75 Å². The average molecular weight is 254 g/mol. The van der Waals surface area contributed by atoms with Gasteiger partial charge in [-0.3, -0.25) is 0 Å². The van der Waals surface area contributed by atoms with Crippen molar-refractivity contribution in [2.75, 3.05) is 20.3 Å². The smallest absolute Gasteiger partial charge is 0.165 e. The highest BCUT2D eigenvalue weighted by Crippen LogP contribution is 2.29. The highest BCUT2D eigenvalue weighted by molar-refractivity contribution is 5.31. The van der Waals surface area contributed by atoms with E-state index < -0.39 is 11.9 Å². The molecule has 0 radical (unpaired) electrons. The molecule has 0 amide bonds. The number of benzene rings is 1.